The van der Waals surface area contributed by atoms with Gasteiger partial charge < -0.3 is 18.3 Å². The monoisotopic (exact) mass is 572 g/mol. The number of ether oxygens (including phenoxy) is 2. The first kappa shape index (κ1) is 29.0. The Morgan fingerprint density at radius 2 is 1.63 bits per heavy atom. The van der Waals surface area contributed by atoms with Crippen molar-refractivity contribution in [3.8, 4) is 0 Å². The molecule has 2 aromatic heterocycles. The van der Waals surface area contributed by atoms with E-state index in [0.717, 1.165) is 11.2 Å². The van der Waals surface area contributed by atoms with Crippen molar-refractivity contribution in [1.82, 2.24) is 19.3 Å². The molecule has 1 fully saturated rings. The lowest BCUT2D eigenvalue weighted by Gasteiger charge is -2.45. The van der Waals surface area contributed by atoms with Crippen molar-refractivity contribution in [3.05, 3.63) is 91.3 Å². The normalized spacial score (nSPS) is 18.4. The molecule has 8 nitrogen and oxygen atoms in total. The number of hydrogen-bond acceptors (Lipinski definition) is 6. The van der Waals surface area contributed by atoms with Gasteiger partial charge in [0.1, 0.15) is 11.7 Å². The maximum Gasteiger partial charge on any atom is 0.410 e. The van der Waals surface area contributed by atoms with Crippen molar-refractivity contribution in [3.63, 3.8) is 0 Å². The molecule has 3 heterocycles. The molecule has 0 N–H and O–H groups in total. The third-order valence-corrected chi connectivity index (χ3v) is 12.5. The predicted molar refractivity (Wildman–Crippen MR) is 162 cm³/mol. The number of carbonyl (C=O) groups excluding carboxylic acids is 1. The second-order valence-corrected chi connectivity index (χ2v) is 16.9. The molecule has 1 aliphatic heterocycles. The van der Waals surface area contributed by atoms with E-state index in [-0.39, 0.29) is 17.2 Å². The number of morpholine rings is 1. The van der Waals surface area contributed by atoms with Crippen molar-refractivity contribution >= 4 is 30.3 Å². The maximum absolute atomic E-state index is 13.6. The Bertz CT molecular complexity index is 1420. The second kappa shape index (κ2) is 11.4. The molecule has 1 saturated heterocycles. The zero-order valence-electron chi connectivity index (χ0n) is 24.8. The first-order valence-corrected chi connectivity index (χ1v) is 16.0. The summed E-state index contributed by atoms with van der Waals surface area (Å²) in [6.45, 7) is 13.3. The topological polar surface area (TPSA) is 78.2 Å². The first-order valence-electron chi connectivity index (χ1n) is 14.1. The van der Waals surface area contributed by atoms with Crippen molar-refractivity contribution in [2.75, 3.05) is 19.8 Å². The summed E-state index contributed by atoms with van der Waals surface area (Å²) in [7, 11) is -2.81. The summed E-state index contributed by atoms with van der Waals surface area (Å²) in [6, 6.07) is 20.7. The molecular weight excluding hydrogens is 532 g/mol. The van der Waals surface area contributed by atoms with Crippen LogP contribution >= 0.6 is 0 Å². The fourth-order valence-corrected chi connectivity index (χ4v) is 10.2. The van der Waals surface area contributed by atoms with Crippen LogP contribution in [-0.4, -0.2) is 65.1 Å². The zero-order chi connectivity index (χ0) is 29.3. The SMILES string of the molecule is CC(C)(C)OC(=O)N1CC(c2ncn3ccncc23)OCC1CO[Si](c1ccccc1)(c1ccccc1)C(C)(C)C. The van der Waals surface area contributed by atoms with Crippen LogP contribution in [0.3, 0.4) is 0 Å². The summed E-state index contributed by atoms with van der Waals surface area (Å²) in [4.78, 5) is 24.3. The van der Waals surface area contributed by atoms with Crippen molar-refractivity contribution in [2.45, 2.75) is 64.3 Å². The molecule has 0 spiro atoms. The molecule has 0 saturated carbocycles. The number of benzene rings is 2. The number of hydrogen-bond donors (Lipinski definition) is 0. The average Bonchev–Trinajstić information content (AvgIpc) is 3.37. The Labute approximate surface area is 243 Å². The summed E-state index contributed by atoms with van der Waals surface area (Å²) < 4.78 is 21.4. The molecule has 0 aliphatic carbocycles. The highest BCUT2D eigenvalue weighted by Crippen LogP contribution is 2.37. The molecule has 0 radical (unpaired) electrons. The van der Waals surface area contributed by atoms with E-state index in [1.165, 1.54) is 10.4 Å². The molecular formula is C32H40N4O4Si. The van der Waals surface area contributed by atoms with Gasteiger partial charge in [0.05, 0.1) is 49.5 Å². The minimum Gasteiger partial charge on any atom is -0.444 e. The molecule has 2 atom stereocenters. The van der Waals surface area contributed by atoms with Crippen LogP contribution < -0.4 is 10.4 Å². The number of carbonyl (C=O) groups is 1. The maximum atomic E-state index is 13.6. The lowest BCUT2D eigenvalue weighted by atomic mass is 10.1. The molecule has 9 heteroatoms. The van der Waals surface area contributed by atoms with Crippen LogP contribution in [-0.2, 0) is 13.9 Å². The van der Waals surface area contributed by atoms with Crippen LogP contribution in [0.1, 0.15) is 53.3 Å². The molecule has 5 rings (SSSR count). The molecule has 1 aliphatic rings. The van der Waals surface area contributed by atoms with Gasteiger partial charge in [-0.2, -0.15) is 0 Å². The number of fused-ring (bicyclic) bond motifs is 1. The summed E-state index contributed by atoms with van der Waals surface area (Å²) in [5, 5.41) is 2.19. The smallest absolute Gasteiger partial charge is 0.410 e. The van der Waals surface area contributed by atoms with Crippen LogP contribution in [0.2, 0.25) is 5.04 Å². The van der Waals surface area contributed by atoms with Crippen molar-refractivity contribution < 1.29 is 18.7 Å². The Hall–Kier alpha value is -3.53. The third-order valence-electron chi connectivity index (χ3n) is 7.51. The predicted octanol–water partition coefficient (Wildman–Crippen LogP) is 4.98. The number of aromatic nitrogens is 3. The minimum atomic E-state index is -2.81. The van der Waals surface area contributed by atoms with E-state index < -0.39 is 20.0 Å². The zero-order valence-corrected chi connectivity index (χ0v) is 25.8. The Morgan fingerprint density at radius 3 is 2.22 bits per heavy atom. The van der Waals surface area contributed by atoms with Gasteiger partial charge in [-0.25, -0.2) is 9.78 Å². The summed E-state index contributed by atoms with van der Waals surface area (Å²) in [6.07, 6.45) is 6.27. The molecule has 216 valence electrons. The molecule has 2 unspecified atom stereocenters. The van der Waals surface area contributed by atoms with Gasteiger partial charge in [0.25, 0.3) is 8.32 Å². The van der Waals surface area contributed by atoms with Crippen molar-refractivity contribution in [1.29, 1.82) is 0 Å². The van der Waals surface area contributed by atoms with Gasteiger partial charge in [0.15, 0.2) is 0 Å². The average molecular weight is 573 g/mol. The molecule has 0 bridgehead atoms. The van der Waals surface area contributed by atoms with Crippen LogP contribution in [0, 0.1) is 0 Å². The van der Waals surface area contributed by atoms with Crippen molar-refractivity contribution in [2.24, 2.45) is 0 Å². The molecule has 1 amide bonds. The summed E-state index contributed by atoms with van der Waals surface area (Å²) in [5.41, 5.74) is 0.959. The summed E-state index contributed by atoms with van der Waals surface area (Å²) >= 11 is 0. The van der Waals surface area contributed by atoms with Gasteiger partial charge in [0, 0.05) is 12.4 Å². The largest absolute Gasteiger partial charge is 0.444 e. The minimum absolute atomic E-state index is 0.188. The van der Waals surface area contributed by atoms with Gasteiger partial charge in [-0.15, -0.1) is 0 Å². The van der Waals surface area contributed by atoms with E-state index in [0.29, 0.717) is 19.8 Å². The lowest BCUT2D eigenvalue weighted by molar-refractivity contribution is -0.0810. The van der Waals surface area contributed by atoms with E-state index in [2.05, 4.69) is 79.3 Å². The Kier molecular flexibility index (Phi) is 8.05. The lowest BCUT2D eigenvalue weighted by Crippen LogP contribution is -2.68. The molecule has 2 aromatic carbocycles. The van der Waals surface area contributed by atoms with Gasteiger partial charge in [-0.3, -0.25) is 9.88 Å². The first-order chi connectivity index (χ1) is 19.5. The highest BCUT2D eigenvalue weighted by Gasteiger charge is 2.51. The third kappa shape index (κ3) is 5.93. The number of rotatable bonds is 6. The Morgan fingerprint density at radius 1 is 1.00 bits per heavy atom. The van der Waals surface area contributed by atoms with Crippen LogP contribution in [0.4, 0.5) is 4.79 Å². The van der Waals surface area contributed by atoms with E-state index in [4.69, 9.17) is 13.9 Å². The van der Waals surface area contributed by atoms with E-state index >= 15 is 0 Å². The number of amides is 1. The van der Waals surface area contributed by atoms with Gasteiger partial charge in [-0.05, 0) is 36.2 Å². The number of nitrogens with zero attached hydrogens (tertiary/aromatic N) is 4. The van der Waals surface area contributed by atoms with Gasteiger partial charge in [0.2, 0.25) is 0 Å². The van der Waals surface area contributed by atoms with Crippen LogP contribution in [0.5, 0.6) is 0 Å². The quantitative estimate of drug-likeness (QED) is 0.303. The van der Waals surface area contributed by atoms with Crippen LogP contribution in [0.25, 0.3) is 5.52 Å². The second-order valence-electron chi connectivity index (χ2n) is 12.6. The summed E-state index contributed by atoms with van der Waals surface area (Å²) in [5.74, 6) is 0. The fraction of sp³-hybridized carbons (Fsp3) is 0.406. The molecule has 4 aromatic rings. The van der Waals surface area contributed by atoms with E-state index in [1.54, 1.807) is 23.6 Å². The Balaban J connectivity index is 1.48. The number of imidazole rings is 1. The highest BCUT2D eigenvalue weighted by molar-refractivity contribution is 6.99. The van der Waals surface area contributed by atoms with E-state index in [9.17, 15) is 4.79 Å². The highest BCUT2D eigenvalue weighted by atomic mass is 28.4. The molecule has 41 heavy (non-hydrogen) atoms. The van der Waals surface area contributed by atoms with Gasteiger partial charge >= 0.3 is 6.09 Å². The standard InChI is InChI=1S/C32H40N4O4Si/c1-31(2,3)40-30(37)36-20-28(29-27-19-33-17-18-35(27)23-34-29)38-21-24(36)22-39-41(32(4,5)6,25-13-9-7-10-14-25)26-15-11-8-12-16-26/h7-19,23-24,28H,20-22H2,1-6H3. The van der Waals surface area contributed by atoms with E-state index in [1.807, 2.05) is 43.5 Å². The fourth-order valence-electron chi connectivity index (χ4n) is 5.64. The van der Waals surface area contributed by atoms with Crippen LogP contribution in [0.15, 0.2) is 85.6 Å². The van der Waals surface area contributed by atoms with Gasteiger partial charge in [-0.1, -0.05) is 81.4 Å².